The molecule has 2 heterocycles. The zero-order valence-electron chi connectivity index (χ0n) is 13.7. The molecule has 8 nitrogen and oxygen atoms in total. The minimum atomic E-state index is -0.379. The summed E-state index contributed by atoms with van der Waals surface area (Å²) >= 11 is 0. The van der Waals surface area contributed by atoms with Gasteiger partial charge in [-0.15, -0.1) is 0 Å². The maximum Gasteiger partial charge on any atom is 0.278 e. The molecule has 1 aromatic heterocycles. The van der Waals surface area contributed by atoms with Crippen molar-refractivity contribution < 1.29 is 19.1 Å². The lowest BCUT2D eigenvalue weighted by molar-refractivity contribution is -0.126. The number of hydrogen-bond donors (Lipinski definition) is 2. The molecule has 24 heavy (non-hydrogen) atoms. The smallest absolute Gasteiger partial charge is 0.278 e. The van der Waals surface area contributed by atoms with Gasteiger partial charge in [0.25, 0.3) is 11.8 Å². The van der Waals surface area contributed by atoms with E-state index in [1.165, 1.54) is 7.11 Å². The molecule has 2 aliphatic rings. The van der Waals surface area contributed by atoms with Gasteiger partial charge >= 0.3 is 0 Å². The molecule has 1 atom stereocenters. The summed E-state index contributed by atoms with van der Waals surface area (Å²) in [7, 11) is 1.53. The largest absolute Gasteiger partial charge is 0.477 e. The molecule has 0 aromatic carbocycles. The molecule has 130 valence electrons. The topological polar surface area (TPSA) is 102 Å². The van der Waals surface area contributed by atoms with E-state index in [1.54, 1.807) is 12.4 Å². The van der Waals surface area contributed by atoms with E-state index in [9.17, 15) is 9.59 Å². The number of ether oxygens (including phenoxy) is 2. The lowest BCUT2D eigenvalue weighted by Crippen LogP contribution is -2.47. The molecule has 1 saturated carbocycles. The molecule has 0 radical (unpaired) electrons. The van der Waals surface area contributed by atoms with Gasteiger partial charge in [-0.25, -0.2) is 9.97 Å². The van der Waals surface area contributed by atoms with Crippen molar-refractivity contribution in [3.63, 3.8) is 0 Å². The molecular weight excluding hydrogens is 312 g/mol. The maximum atomic E-state index is 12.1. The molecule has 1 aliphatic carbocycles. The summed E-state index contributed by atoms with van der Waals surface area (Å²) in [6.45, 7) is 0. The molecule has 2 amide bonds. The van der Waals surface area contributed by atoms with Crippen molar-refractivity contribution in [3.8, 4) is 11.8 Å². The van der Waals surface area contributed by atoms with Crippen LogP contribution in [-0.2, 0) is 9.59 Å². The van der Waals surface area contributed by atoms with Crippen LogP contribution in [-0.4, -0.2) is 47.1 Å². The van der Waals surface area contributed by atoms with E-state index in [0.717, 1.165) is 25.7 Å². The Labute approximate surface area is 140 Å². The van der Waals surface area contributed by atoms with Gasteiger partial charge in [0.15, 0.2) is 0 Å². The molecule has 0 spiro atoms. The fraction of sp³-hybridized carbons (Fsp3) is 0.625. The zero-order valence-corrected chi connectivity index (χ0v) is 13.7. The molecule has 1 unspecified atom stereocenters. The minimum Gasteiger partial charge on any atom is -0.477 e. The van der Waals surface area contributed by atoms with Gasteiger partial charge in [0.1, 0.15) is 12.1 Å². The Morgan fingerprint density at radius 3 is 2.50 bits per heavy atom. The predicted molar refractivity (Wildman–Crippen MR) is 84.6 cm³/mol. The molecule has 1 saturated heterocycles. The molecular formula is C16H22N4O4. The van der Waals surface area contributed by atoms with Crippen LogP contribution in [0.5, 0.6) is 11.8 Å². The summed E-state index contributed by atoms with van der Waals surface area (Å²) in [4.78, 5) is 31.5. The first kappa shape index (κ1) is 16.5. The number of rotatable bonds is 5. The average Bonchev–Trinajstić information content (AvgIpc) is 3.04. The highest BCUT2D eigenvalue weighted by Gasteiger charge is 2.30. The molecule has 3 rings (SSSR count). The minimum absolute atomic E-state index is 0.0370. The van der Waals surface area contributed by atoms with Gasteiger partial charge in [-0.05, 0) is 32.1 Å². The van der Waals surface area contributed by atoms with Gasteiger partial charge in [0.05, 0.1) is 7.11 Å². The third-order valence-corrected chi connectivity index (χ3v) is 4.44. The summed E-state index contributed by atoms with van der Waals surface area (Å²) in [6, 6.07) is -0.256. The molecule has 2 fully saturated rings. The van der Waals surface area contributed by atoms with Crippen LogP contribution in [0.3, 0.4) is 0 Å². The van der Waals surface area contributed by atoms with E-state index in [2.05, 4.69) is 20.6 Å². The van der Waals surface area contributed by atoms with Crippen molar-refractivity contribution >= 4 is 11.8 Å². The summed E-state index contributed by atoms with van der Waals surface area (Å²) in [5, 5.41) is 5.72. The molecule has 1 aliphatic heterocycles. The average molecular weight is 334 g/mol. The summed E-state index contributed by atoms with van der Waals surface area (Å²) < 4.78 is 11.0. The van der Waals surface area contributed by atoms with Crippen molar-refractivity contribution in [3.05, 3.63) is 12.4 Å². The van der Waals surface area contributed by atoms with E-state index < -0.39 is 0 Å². The summed E-state index contributed by atoms with van der Waals surface area (Å²) in [5.74, 6) is 0.650. The Morgan fingerprint density at radius 2 is 1.88 bits per heavy atom. The maximum absolute atomic E-state index is 12.1. The van der Waals surface area contributed by atoms with Crippen molar-refractivity contribution in [2.24, 2.45) is 0 Å². The Kier molecular flexibility index (Phi) is 5.12. The number of aromatic nitrogens is 2. The van der Waals surface area contributed by atoms with Gasteiger partial charge in [-0.3, -0.25) is 9.59 Å². The van der Waals surface area contributed by atoms with Crippen LogP contribution < -0.4 is 20.1 Å². The zero-order chi connectivity index (χ0) is 16.9. The standard InChI is InChI=1S/C16H22N4O4/c1-23-15-16(18-9-8-17-15)24-11-4-2-10(3-5-11)19-14(22)12-6-7-13(21)20-12/h8-12H,2-7H2,1H3,(H,19,22)(H,20,21). The number of hydrogen-bond acceptors (Lipinski definition) is 6. The van der Waals surface area contributed by atoms with Crippen molar-refractivity contribution in [1.82, 2.24) is 20.6 Å². The fourth-order valence-electron chi connectivity index (χ4n) is 3.13. The van der Waals surface area contributed by atoms with E-state index in [-0.39, 0.29) is 30.0 Å². The van der Waals surface area contributed by atoms with Crippen LogP contribution in [0, 0.1) is 0 Å². The van der Waals surface area contributed by atoms with Crippen LogP contribution in [0.4, 0.5) is 0 Å². The Balaban J connectivity index is 1.45. The SMILES string of the molecule is COc1nccnc1OC1CCC(NC(=O)C2CCC(=O)N2)CC1. The molecule has 8 heteroatoms. The molecule has 0 bridgehead atoms. The van der Waals surface area contributed by atoms with Crippen molar-refractivity contribution in [2.75, 3.05) is 7.11 Å². The van der Waals surface area contributed by atoms with Gasteiger partial charge < -0.3 is 20.1 Å². The first-order valence-electron chi connectivity index (χ1n) is 8.27. The van der Waals surface area contributed by atoms with Crippen molar-refractivity contribution in [2.45, 2.75) is 56.7 Å². The normalized spacial score (nSPS) is 26.5. The highest BCUT2D eigenvalue weighted by molar-refractivity contribution is 5.90. The van der Waals surface area contributed by atoms with Crippen molar-refractivity contribution in [1.29, 1.82) is 0 Å². The van der Waals surface area contributed by atoms with Gasteiger partial charge in [0.2, 0.25) is 11.8 Å². The van der Waals surface area contributed by atoms with E-state index in [1.807, 2.05) is 0 Å². The molecule has 1 aromatic rings. The van der Waals surface area contributed by atoms with Gasteiger partial charge in [-0.1, -0.05) is 0 Å². The van der Waals surface area contributed by atoms with Crippen LogP contribution in [0.15, 0.2) is 12.4 Å². The number of carbonyl (C=O) groups is 2. The van der Waals surface area contributed by atoms with Crippen LogP contribution in [0.2, 0.25) is 0 Å². The summed E-state index contributed by atoms with van der Waals surface area (Å²) in [5.41, 5.74) is 0. The van der Waals surface area contributed by atoms with E-state index >= 15 is 0 Å². The lowest BCUT2D eigenvalue weighted by Gasteiger charge is -2.30. The third kappa shape index (κ3) is 3.93. The summed E-state index contributed by atoms with van der Waals surface area (Å²) in [6.07, 6.45) is 7.48. The molecule has 2 N–H and O–H groups in total. The number of methoxy groups -OCH3 is 1. The van der Waals surface area contributed by atoms with Crippen LogP contribution in [0.25, 0.3) is 0 Å². The number of carbonyl (C=O) groups excluding carboxylic acids is 2. The predicted octanol–water partition coefficient (Wildman–Crippen LogP) is 0.570. The van der Waals surface area contributed by atoms with Crippen LogP contribution in [0.1, 0.15) is 38.5 Å². The Hall–Kier alpha value is -2.38. The second-order valence-electron chi connectivity index (χ2n) is 6.13. The highest BCUT2D eigenvalue weighted by atomic mass is 16.5. The highest BCUT2D eigenvalue weighted by Crippen LogP contribution is 2.27. The second-order valence-corrected chi connectivity index (χ2v) is 6.13. The van der Waals surface area contributed by atoms with Gasteiger partial charge in [0, 0.05) is 24.9 Å². The Morgan fingerprint density at radius 1 is 1.17 bits per heavy atom. The first-order chi connectivity index (χ1) is 11.7. The first-order valence-corrected chi connectivity index (χ1v) is 8.27. The number of nitrogens with zero attached hydrogens (tertiary/aromatic N) is 2. The number of amides is 2. The monoisotopic (exact) mass is 334 g/mol. The van der Waals surface area contributed by atoms with Crippen LogP contribution >= 0.6 is 0 Å². The third-order valence-electron chi connectivity index (χ3n) is 4.44. The second kappa shape index (κ2) is 7.46. The number of nitrogens with one attached hydrogen (secondary N) is 2. The fourth-order valence-corrected chi connectivity index (χ4v) is 3.13. The lowest BCUT2D eigenvalue weighted by atomic mass is 9.92. The van der Waals surface area contributed by atoms with E-state index in [0.29, 0.717) is 24.6 Å². The Bertz CT molecular complexity index is 601. The quantitative estimate of drug-likeness (QED) is 0.816. The van der Waals surface area contributed by atoms with E-state index in [4.69, 9.17) is 9.47 Å². The van der Waals surface area contributed by atoms with Gasteiger partial charge in [-0.2, -0.15) is 0 Å².